The first-order valence-electron chi connectivity index (χ1n) is 8.77. The number of piperazine rings is 1. The minimum atomic E-state index is -0.155. The lowest BCUT2D eigenvalue weighted by Gasteiger charge is -2.36. The summed E-state index contributed by atoms with van der Waals surface area (Å²) in [5.74, 6) is 0.737. The fourth-order valence-electron chi connectivity index (χ4n) is 3.36. The normalized spacial score (nSPS) is 16.7. The summed E-state index contributed by atoms with van der Waals surface area (Å²) in [6.45, 7) is 3.69. The van der Waals surface area contributed by atoms with Crippen molar-refractivity contribution in [3.8, 4) is 11.5 Å². The highest BCUT2D eigenvalue weighted by Gasteiger charge is 2.32. The van der Waals surface area contributed by atoms with Crippen LogP contribution in [0.5, 0.6) is 0 Å². The van der Waals surface area contributed by atoms with Crippen molar-refractivity contribution >= 4 is 29.9 Å². The molecule has 1 unspecified atom stereocenters. The average Bonchev–Trinajstić information content (AvgIpc) is 3.27. The van der Waals surface area contributed by atoms with Crippen LogP contribution in [0.15, 0.2) is 41.1 Å². The zero-order chi connectivity index (χ0) is 19.0. The van der Waals surface area contributed by atoms with E-state index in [2.05, 4.69) is 15.4 Å². The predicted molar refractivity (Wildman–Crippen MR) is 109 cm³/mol. The molecule has 2 aromatic heterocycles. The highest BCUT2D eigenvalue weighted by molar-refractivity contribution is 6.31. The molecular weight excluding hydrogens is 401 g/mol. The number of carbonyl (C=O) groups is 1. The maximum atomic E-state index is 13.3. The number of halogens is 2. The van der Waals surface area contributed by atoms with Gasteiger partial charge in [-0.1, -0.05) is 29.8 Å². The van der Waals surface area contributed by atoms with Gasteiger partial charge in [0.25, 0.3) is 5.91 Å². The van der Waals surface area contributed by atoms with E-state index in [0.717, 1.165) is 17.7 Å². The van der Waals surface area contributed by atoms with E-state index in [-0.39, 0.29) is 24.4 Å². The van der Waals surface area contributed by atoms with E-state index in [4.69, 9.17) is 16.0 Å². The number of carbonyl (C=O) groups excluding carboxylic acids is 1. The lowest BCUT2D eigenvalue weighted by Crippen LogP contribution is -2.49. The summed E-state index contributed by atoms with van der Waals surface area (Å²) in [6.07, 6.45) is 3.47. The molecule has 4 rings (SSSR count). The summed E-state index contributed by atoms with van der Waals surface area (Å²) in [5.41, 5.74) is 1.99. The first kappa shape index (κ1) is 20.4. The third-order valence-electron chi connectivity index (χ3n) is 4.72. The molecule has 1 N–H and O–H groups in total. The number of aryl methyl sites for hydroxylation is 2. The molecule has 7 nitrogen and oxygen atoms in total. The molecule has 3 aromatic rings. The number of rotatable bonds is 3. The van der Waals surface area contributed by atoms with Crippen LogP contribution in [0.25, 0.3) is 11.5 Å². The van der Waals surface area contributed by atoms with Gasteiger partial charge in [0.05, 0.1) is 17.8 Å². The average molecular weight is 422 g/mol. The van der Waals surface area contributed by atoms with E-state index < -0.39 is 0 Å². The third kappa shape index (κ3) is 3.78. The summed E-state index contributed by atoms with van der Waals surface area (Å²) in [6, 6.07) is 7.46. The van der Waals surface area contributed by atoms with E-state index >= 15 is 0 Å². The van der Waals surface area contributed by atoms with Crippen molar-refractivity contribution in [1.82, 2.24) is 25.0 Å². The second kappa shape index (κ2) is 8.34. The molecule has 1 aliphatic heterocycles. The molecule has 148 valence electrons. The highest BCUT2D eigenvalue weighted by Crippen LogP contribution is 2.30. The molecule has 1 amide bonds. The first-order chi connectivity index (χ1) is 13.0. The molecule has 1 atom stereocenters. The summed E-state index contributed by atoms with van der Waals surface area (Å²) < 4.78 is 7.40. The van der Waals surface area contributed by atoms with E-state index in [9.17, 15) is 4.79 Å². The van der Waals surface area contributed by atoms with Crippen LogP contribution >= 0.6 is 24.0 Å². The topological polar surface area (TPSA) is 76.2 Å². The molecule has 28 heavy (non-hydrogen) atoms. The molecular formula is C19H21Cl2N5O2. The molecule has 0 radical (unpaired) electrons. The largest absolute Gasteiger partial charge is 0.440 e. The standard InChI is InChI=1S/C19H20ClN5O2.ClH/c1-12-17(23-18(27-12)13-9-22-24(2)11-13)19(26)25-8-7-21-10-16(25)14-5-3-4-6-15(14)20;/h3-6,9,11,16,21H,7-8,10H2,1-2H3;1H. The number of oxazole rings is 1. The van der Waals surface area contributed by atoms with Crippen LogP contribution in [0.2, 0.25) is 5.02 Å². The Balaban J connectivity index is 0.00000225. The lowest BCUT2D eigenvalue weighted by molar-refractivity contribution is 0.0627. The monoisotopic (exact) mass is 421 g/mol. The van der Waals surface area contributed by atoms with E-state index in [1.54, 1.807) is 24.0 Å². The number of aromatic nitrogens is 3. The summed E-state index contributed by atoms with van der Waals surface area (Å²) in [7, 11) is 1.82. The van der Waals surface area contributed by atoms with Gasteiger partial charge in [-0.3, -0.25) is 9.48 Å². The van der Waals surface area contributed by atoms with Crippen molar-refractivity contribution in [2.45, 2.75) is 13.0 Å². The molecule has 0 bridgehead atoms. The Morgan fingerprint density at radius 1 is 1.36 bits per heavy atom. The van der Waals surface area contributed by atoms with Crippen LogP contribution in [0, 0.1) is 6.92 Å². The number of amides is 1. The first-order valence-corrected chi connectivity index (χ1v) is 9.15. The Labute approximate surface area is 174 Å². The lowest BCUT2D eigenvalue weighted by atomic mass is 10.0. The quantitative estimate of drug-likeness (QED) is 0.702. The van der Waals surface area contributed by atoms with Crippen molar-refractivity contribution in [2.24, 2.45) is 7.05 Å². The third-order valence-corrected chi connectivity index (χ3v) is 5.06. The highest BCUT2D eigenvalue weighted by atomic mass is 35.5. The van der Waals surface area contributed by atoms with Crippen molar-refractivity contribution in [2.75, 3.05) is 19.6 Å². The fourth-order valence-corrected chi connectivity index (χ4v) is 3.62. The number of hydrogen-bond acceptors (Lipinski definition) is 5. The van der Waals surface area contributed by atoms with Gasteiger partial charge in [-0.2, -0.15) is 5.10 Å². The molecule has 0 aliphatic carbocycles. The van der Waals surface area contributed by atoms with Crippen LogP contribution in [-0.2, 0) is 7.05 Å². The van der Waals surface area contributed by atoms with Gasteiger partial charge in [-0.25, -0.2) is 4.98 Å². The molecule has 1 fully saturated rings. The molecule has 0 saturated carbocycles. The van der Waals surface area contributed by atoms with Crippen LogP contribution in [0.4, 0.5) is 0 Å². The fraction of sp³-hybridized carbons (Fsp3) is 0.316. The predicted octanol–water partition coefficient (Wildman–Crippen LogP) is 3.25. The number of benzene rings is 1. The molecule has 1 aliphatic rings. The Kier molecular flexibility index (Phi) is 6.07. The SMILES string of the molecule is Cc1oc(-c2cnn(C)c2)nc1C(=O)N1CCNCC1c1ccccc1Cl.Cl. The van der Waals surface area contributed by atoms with Crippen LogP contribution < -0.4 is 5.32 Å². The van der Waals surface area contributed by atoms with Crippen LogP contribution in [0.3, 0.4) is 0 Å². The van der Waals surface area contributed by atoms with E-state index in [1.807, 2.05) is 36.2 Å². The van der Waals surface area contributed by atoms with Gasteiger partial charge in [-0.05, 0) is 18.6 Å². The Bertz CT molecular complexity index is 984. The molecule has 1 saturated heterocycles. The minimum absolute atomic E-state index is 0. The van der Waals surface area contributed by atoms with Crippen LogP contribution in [0.1, 0.15) is 27.9 Å². The van der Waals surface area contributed by atoms with Gasteiger partial charge < -0.3 is 14.6 Å². The Hall–Kier alpha value is -2.35. The zero-order valence-corrected chi connectivity index (χ0v) is 17.1. The maximum Gasteiger partial charge on any atom is 0.276 e. The van der Waals surface area contributed by atoms with Gasteiger partial charge in [0.1, 0.15) is 5.76 Å². The molecule has 1 aromatic carbocycles. The second-order valence-electron chi connectivity index (χ2n) is 6.57. The van der Waals surface area contributed by atoms with Crippen molar-refractivity contribution in [3.05, 3.63) is 58.7 Å². The van der Waals surface area contributed by atoms with Crippen molar-refractivity contribution < 1.29 is 9.21 Å². The van der Waals surface area contributed by atoms with E-state index in [1.165, 1.54) is 0 Å². The van der Waals surface area contributed by atoms with Crippen LogP contribution in [-0.4, -0.2) is 45.2 Å². The Morgan fingerprint density at radius 3 is 2.86 bits per heavy atom. The summed E-state index contributed by atoms with van der Waals surface area (Å²) in [5, 5.41) is 8.11. The van der Waals surface area contributed by atoms with Gasteiger partial charge in [-0.15, -0.1) is 12.4 Å². The van der Waals surface area contributed by atoms with E-state index in [0.29, 0.717) is 35.5 Å². The number of nitrogens with zero attached hydrogens (tertiary/aromatic N) is 4. The van der Waals surface area contributed by atoms with Crippen molar-refractivity contribution in [3.63, 3.8) is 0 Å². The number of nitrogens with one attached hydrogen (secondary N) is 1. The minimum Gasteiger partial charge on any atom is -0.440 e. The smallest absolute Gasteiger partial charge is 0.276 e. The number of hydrogen-bond donors (Lipinski definition) is 1. The van der Waals surface area contributed by atoms with Gasteiger partial charge in [0.2, 0.25) is 5.89 Å². The van der Waals surface area contributed by atoms with Gasteiger partial charge in [0, 0.05) is 37.9 Å². The molecule has 3 heterocycles. The van der Waals surface area contributed by atoms with Crippen molar-refractivity contribution in [1.29, 1.82) is 0 Å². The maximum absolute atomic E-state index is 13.3. The summed E-state index contributed by atoms with van der Waals surface area (Å²) >= 11 is 6.38. The van der Waals surface area contributed by atoms with Gasteiger partial charge >= 0.3 is 0 Å². The molecule has 0 spiro atoms. The summed E-state index contributed by atoms with van der Waals surface area (Å²) in [4.78, 5) is 19.5. The zero-order valence-electron chi connectivity index (χ0n) is 15.6. The van der Waals surface area contributed by atoms with Gasteiger partial charge in [0.15, 0.2) is 5.69 Å². The Morgan fingerprint density at radius 2 is 2.14 bits per heavy atom. The molecule has 9 heteroatoms. The second-order valence-corrected chi connectivity index (χ2v) is 6.97.